The van der Waals surface area contributed by atoms with Gasteiger partial charge in [-0.3, -0.25) is 0 Å². The maximum atomic E-state index is 12.6. The number of hydrogen-bond donors (Lipinski definition) is 1. The molecule has 0 aliphatic rings. The highest BCUT2D eigenvalue weighted by Crippen LogP contribution is 2.25. The molecule has 2 N–H and O–H groups in total. The maximum Gasteiger partial charge on any atom is 0.340 e. The van der Waals surface area contributed by atoms with Gasteiger partial charge in [-0.2, -0.15) is 8.78 Å². The van der Waals surface area contributed by atoms with Gasteiger partial charge in [0, 0.05) is 17.8 Å². The number of nitrogens with zero attached hydrogens (tertiary/aromatic N) is 1. The number of ether oxygens (including phenoxy) is 1. The van der Waals surface area contributed by atoms with Gasteiger partial charge in [0.2, 0.25) is 5.88 Å². The average Bonchev–Trinajstić information content (AvgIpc) is 2.26. The van der Waals surface area contributed by atoms with Crippen LogP contribution < -0.4 is 10.5 Å². The minimum Gasteiger partial charge on any atom is -0.471 e. The van der Waals surface area contributed by atoms with Crippen LogP contribution in [0.25, 0.3) is 0 Å². The topological polar surface area (TPSA) is 48.1 Å². The van der Waals surface area contributed by atoms with Crippen LogP contribution in [0.15, 0.2) is 12.3 Å². The summed E-state index contributed by atoms with van der Waals surface area (Å²) in [6.07, 6.45) is -2.39. The fourth-order valence-electron chi connectivity index (χ4n) is 1.21. The number of alkyl halides is 4. The van der Waals surface area contributed by atoms with Crippen molar-refractivity contribution >= 4 is 0 Å². The first kappa shape index (κ1) is 14.7. The molecule has 1 rings (SSSR count). The summed E-state index contributed by atoms with van der Waals surface area (Å²) in [5, 5.41) is 0. The van der Waals surface area contributed by atoms with Crippen LogP contribution in [0.5, 0.6) is 5.88 Å². The molecule has 0 radical (unpaired) electrons. The zero-order chi connectivity index (χ0) is 13.9. The van der Waals surface area contributed by atoms with Crippen molar-refractivity contribution < 1.29 is 22.3 Å². The first-order valence-electron chi connectivity index (χ1n) is 5.25. The van der Waals surface area contributed by atoms with E-state index >= 15 is 0 Å². The van der Waals surface area contributed by atoms with Crippen LogP contribution in [-0.4, -0.2) is 23.9 Å². The van der Waals surface area contributed by atoms with Gasteiger partial charge in [0.05, 0.1) is 0 Å². The number of hydrogen-bond acceptors (Lipinski definition) is 3. The van der Waals surface area contributed by atoms with E-state index < -0.39 is 19.0 Å². The van der Waals surface area contributed by atoms with E-state index in [0.29, 0.717) is 11.1 Å². The van der Waals surface area contributed by atoms with Crippen molar-refractivity contribution in [2.45, 2.75) is 32.2 Å². The Morgan fingerprint density at radius 2 is 2.06 bits per heavy atom. The fraction of sp³-hybridized carbons (Fsp3) is 0.545. The number of aryl methyl sites for hydroxylation is 1. The lowest BCUT2D eigenvalue weighted by Crippen LogP contribution is -2.34. The summed E-state index contributed by atoms with van der Waals surface area (Å²) in [5.74, 6) is -4.28. The first-order valence-corrected chi connectivity index (χ1v) is 5.25. The Morgan fingerprint density at radius 3 is 2.50 bits per heavy atom. The summed E-state index contributed by atoms with van der Waals surface area (Å²) in [7, 11) is 0. The van der Waals surface area contributed by atoms with Crippen LogP contribution in [-0.2, 0) is 0 Å². The molecule has 0 amide bonds. The highest BCUT2D eigenvalue weighted by molar-refractivity contribution is 5.29. The Hall–Kier alpha value is -1.37. The van der Waals surface area contributed by atoms with Crippen molar-refractivity contribution in [3.8, 4) is 5.88 Å². The lowest BCUT2D eigenvalue weighted by atomic mass is 10.1. The van der Waals surface area contributed by atoms with Crippen LogP contribution in [0.4, 0.5) is 17.6 Å². The van der Waals surface area contributed by atoms with Crippen LogP contribution in [0, 0.1) is 6.92 Å². The number of nitrogens with two attached hydrogens (primary N) is 1. The number of rotatable bonds is 5. The van der Waals surface area contributed by atoms with E-state index in [1.165, 1.54) is 6.20 Å². The van der Waals surface area contributed by atoms with E-state index in [0.717, 1.165) is 0 Å². The third-order valence-electron chi connectivity index (χ3n) is 2.30. The van der Waals surface area contributed by atoms with Crippen molar-refractivity contribution in [2.24, 2.45) is 5.73 Å². The third kappa shape index (κ3) is 3.56. The van der Waals surface area contributed by atoms with Crippen LogP contribution in [0.1, 0.15) is 24.1 Å². The molecule has 18 heavy (non-hydrogen) atoms. The van der Waals surface area contributed by atoms with Crippen molar-refractivity contribution in [3.63, 3.8) is 0 Å². The van der Waals surface area contributed by atoms with E-state index in [1.54, 1.807) is 19.9 Å². The number of aromatic nitrogens is 1. The highest BCUT2D eigenvalue weighted by Gasteiger charge is 2.41. The van der Waals surface area contributed by atoms with Gasteiger partial charge >= 0.3 is 12.3 Å². The molecule has 0 saturated carbocycles. The molecule has 0 aliphatic carbocycles. The lowest BCUT2D eigenvalue weighted by Gasteiger charge is -2.17. The summed E-state index contributed by atoms with van der Waals surface area (Å²) in [6, 6.07) is 1.36. The molecular weight excluding hydrogens is 252 g/mol. The summed E-state index contributed by atoms with van der Waals surface area (Å²) in [5.41, 5.74) is 6.79. The van der Waals surface area contributed by atoms with Gasteiger partial charge in [-0.25, -0.2) is 13.8 Å². The molecule has 7 heteroatoms. The van der Waals surface area contributed by atoms with Crippen LogP contribution >= 0.6 is 0 Å². The first-order chi connectivity index (χ1) is 8.24. The molecule has 0 saturated heterocycles. The maximum absolute atomic E-state index is 12.6. The van der Waals surface area contributed by atoms with Gasteiger partial charge in [0.25, 0.3) is 0 Å². The van der Waals surface area contributed by atoms with Crippen molar-refractivity contribution in [1.29, 1.82) is 0 Å². The predicted molar refractivity (Wildman–Crippen MR) is 58.0 cm³/mol. The molecule has 1 aromatic heterocycles. The smallest absolute Gasteiger partial charge is 0.340 e. The zero-order valence-electron chi connectivity index (χ0n) is 9.96. The van der Waals surface area contributed by atoms with Gasteiger partial charge in [0.15, 0.2) is 6.61 Å². The number of halogens is 4. The molecule has 3 nitrogen and oxygen atoms in total. The SMILES string of the molecule is Cc1cc(C(C)N)cnc1OCC(F)(F)C(F)F. The van der Waals surface area contributed by atoms with E-state index in [9.17, 15) is 17.6 Å². The highest BCUT2D eigenvalue weighted by atomic mass is 19.3. The molecule has 1 atom stereocenters. The third-order valence-corrected chi connectivity index (χ3v) is 2.30. The van der Waals surface area contributed by atoms with Gasteiger partial charge in [-0.05, 0) is 25.5 Å². The Balaban J connectivity index is 2.75. The van der Waals surface area contributed by atoms with Gasteiger partial charge in [0.1, 0.15) is 0 Å². The molecule has 1 heterocycles. The second-order valence-corrected chi connectivity index (χ2v) is 4.03. The molecule has 1 aromatic rings. The van der Waals surface area contributed by atoms with Crippen molar-refractivity contribution in [3.05, 3.63) is 23.4 Å². The Bertz CT molecular complexity index is 410. The molecule has 0 fully saturated rings. The Morgan fingerprint density at radius 1 is 1.44 bits per heavy atom. The number of pyridine rings is 1. The minimum absolute atomic E-state index is 0.0975. The zero-order valence-corrected chi connectivity index (χ0v) is 9.96. The van der Waals surface area contributed by atoms with Gasteiger partial charge in [-0.1, -0.05) is 0 Å². The average molecular weight is 266 g/mol. The van der Waals surface area contributed by atoms with Crippen LogP contribution in [0.3, 0.4) is 0 Å². The van der Waals surface area contributed by atoms with Gasteiger partial charge < -0.3 is 10.5 Å². The molecule has 1 unspecified atom stereocenters. The largest absolute Gasteiger partial charge is 0.471 e. The minimum atomic E-state index is -4.19. The molecule has 0 aliphatic heterocycles. The summed E-state index contributed by atoms with van der Waals surface area (Å²) in [6.45, 7) is 1.91. The normalized spacial score (nSPS) is 13.8. The quantitative estimate of drug-likeness (QED) is 0.833. The van der Waals surface area contributed by atoms with Crippen molar-refractivity contribution in [1.82, 2.24) is 4.98 Å². The van der Waals surface area contributed by atoms with E-state index in [-0.39, 0.29) is 11.9 Å². The summed E-state index contributed by atoms with van der Waals surface area (Å²) >= 11 is 0. The monoisotopic (exact) mass is 266 g/mol. The fourth-order valence-corrected chi connectivity index (χ4v) is 1.21. The second-order valence-electron chi connectivity index (χ2n) is 4.03. The van der Waals surface area contributed by atoms with Gasteiger partial charge in [-0.15, -0.1) is 0 Å². The lowest BCUT2D eigenvalue weighted by molar-refractivity contribution is -0.148. The van der Waals surface area contributed by atoms with Crippen LogP contribution in [0.2, 0.25) is 0 Å². The molecule has 0 spiro atoms. The molecule has 0 aromatic carbocycles. The molecule has 102 valence electrons. The molecular formula is C11H14F4N2O. The summed E-state index contributed by atoms with van der Waals surface area (Å²) < 4.78 is 53.8. The van der Waals surface area contributed by atoms with Crippen molar-refractivity contribution in [2.75, 3.05) is 6.61 Å². The second kappa shape index (κ2) is 5.51. The van der Waals surface area contributed by atoms with E-state index in [4.69, 9.17) is 5.73 Å². The van der Waals surface area contributed by atoms with E-state index in [1.807, 2.05) is 0 Å². The Labute approximate surface area is 102 Å². The standard InChI is InChI=1S/C11H14F4N2O/c1-6-3-8(7(2)16)4-17-9(6)18-5-11(14,15)10(12)13/h3-4,7,10H,5,16H2,1-2H3. The predicted octanol–water partition coefficient (Wildman–Crippen LogP) is 2.69. The summed E-state index contributed by atoms with van der Waals surface area (Å²) in [4.78, 5) is 3.78. The van der Waals surface area contributed by atoms with E-state index in [2.05, 4.69) is 9.72 Å². The molecule has 0 bridgehead atoms. The Kier molecular flexibility index (Phi) is 4.50.